The van der Waals surface area contributed by atoms with E-state index in [2.05, 4.69) is 9.82 Å². The van der Waals surface area contributed by atoms with E-state index in [-0.39, 0.29) is 4.90 Å². The minimum Gasteiger partial charge on any atom is -0.397 e. The van der Waals surface area contributed by atoms with E-state index < -0.39 is 10.0 Å². The number of nitrogen functional groups attached to an aromatic ring is 1. The summed E-state index contributed by atoms with van der Waals surface area (Å²) in [7, 11) is -2.12. The molecule has 1 aromatic carbocycles. The van der Waals surface area contributed by atoms with E-state index in [0.717, 1.165) is 24.2 Å². The van der Waals surface area contributed by atoms with Crippen LogP contribution in [0.3, 0.4) is 0 Å². The molecule has 0 bridgehead atoms. The van der Waals surface area contributed by atoms with Gasteiger partial charge in [-0.1, -0.05) is 13.8 Å². The lowest BCUT2D eigenvalue weighted by atomic mass is 10.2. The van der Waals surface area contributed by atoms with Crippen LogP contribution in [-0.2, 0) is 22.9 Å². The molecule has 0 aliphatic heterocycles. The first-order chi connectivity index (χ1) is 9.92. The number of nitrogens with two attached hydrogens (primary N) is 1. The van der Waals surface area contributed by atoms with Gasteiger partial charge in [-0.05, 0) is 44.2 Å². The lowest BCUT2D eigenvalue weighted by Gasteiger charge is -2.11. The number of nitrogens with one attached hydrogen (secondary N) is 1. The zero-order valence-electron chi connectivity index (χ0n) is 12.4. The molecule has 0 atom stereocenters. The lowest BCUT2D eigenvalue weighted by Crippen LogP contribution is -2.19. The minimum absolute atomic E-state index is 0.146. The van der Waals surface area contributed by atoms with Crippen LogP contribution in [0.5, 0.6) is 0 Å². The fourth-order valence-electron chi connectivity index (χ4n) is 2.12. The third-order valence-electron chi connectivity index (χ3n) is 3.36. The molecule has 0 spiro atoms. The summed E-state index contributed by atoms with van der Waals surface area (Å²) in [6.45, 7) is 4.08. The third-order valence-corrected chi connectivity index (χ3v) is 4.78. The zero-order valence-corrected chi connectivity index (χ0v) is 13.2. The highest BCUT2D eigenvalue weighted by atomic mass is 32.2. The monoisotopic (exact) mass is 308 g/mol. The van der Waals surface area contributed by atoms with E-state index in [4.69, 9.17) is 5.73 Å². The van der Waals surface area contributed by atoms with Crippen molar-refractivity contribution in [3.05, 3.63) is 35.7 Å². The maximum absolute atomic E-state index is 11.8. The fraction of sp³-hybridized carbons (Fsp3) is 0.357. The van der Waals surface area contributed by atoms with Crippen LogP contribution in [0.1, 0.15) is 25.2 Å². The Morgan fingerprint density at radius 2 is 1.95 bits per heavy atom. The first-order valence-electron chi connectivity index (χ1n) is 6.84. The van der Waals surface area contributed by atoms with Gasteiger partial charge in [-0.25, -0.2) is 17.8 Å². The van der Waals surface area contributed by atoms with E-state index in [1.807, 2.05) is 19.9 Å². The van der Waals surface area contributed by atoms with Gasteiger partial charge in [-0.15, -0.1) is 0 Å². The van der Waals surface area contributed by atoms with Crippen LogP contribution in [0.15, 0.2) is 29.2 Å². The highest BCUT2D eigenvalue weighted by molar-refractivity contribution is 7.89. The second-order valence-corrected chi connectivity index (χ2v) is 6.56. The molecule has 2 aromatic rings. The molecule has 0 aliphatic rings. The summed E-state index contributed by atoms with van der Waals surface area (Å²) in [6.07, 6.45) is 1.66. The van der Waals surface area contributed by atoms with Crippen molar-refractivity contribution in [3.8, 4) is 5.69 Å². The molecular formula is C14H20N4O2S. The Bertz CT molecular complexity index is 750. The highest BCUT2D eigenvalue weighted by Gasteiger charge is 2.15. The highest BCUT2D eigenvalue weighted by Crippen LogP contribution is 2.23. The molecule has 3 N–H and O–H groups in total. The van der Waals surface area contributed by atoms with Crippen LogP contribution in [0.4, 0.5) is 5.69 Å². The van der Waals surface area contributed by atoms with Crippen molar-refractivity contribution < 1.29 is 8.42 Å². The third kappa shape index (κ3) is 2.93. The molecule has 7 heteroatoms. The molecule has 114 valence electrons. The number of nitrogens with zero attached hydrogens (tertiary/aromatic N) is 2. The molecule has 0 fully saturated rings. The van der Waals surface area contributed by atoms with Gasteiger partial charge < -0.3 is 5.73 Å². The Morgan fingerprint density at radius 3 is 2.48 bits per heavy atom. The minimum atomic E-state index is -3.49. The van der Waals surface area contributed by atoms with Crippen molar-refractivity contribution in [2.75, 3.05) is 12.8 Å². The van der Waals surface area contributed by atoms with Crippen molar-refractivity contribution in [2.45, 2.75) is 31.6 Å². The van der Waals surface area contributed by atoms with Gasteiger partial charge in [0, 0.05) is 5.69 Å². The topological polar surface area (TPSA) is 90.0 Å². The largest absolute Gasteiger partial charge is 0.397 e. The van der Waals surface area contributed by atoms with Crippen LogP contribution in [-0.4, -0.2) is 25.2 Å². The van der Waals surface area contributed by atoms with Crippen molar-refractivity contribution in [3.63, 3.8) is 0 Å². The van der Waals surface area contributed by atoms with Gasteiger partial charge in [0.2, 0.25) is 10.0 Å². The van der Waals surface area contributed by atoms with Gasteiger partial charge in [-0.3, -0.25) is 0 Å². The van der Waals surface area contributed by atoms with Crippen LogP contribution in [0.25, 0.3) is 5.69 Å². The lowest BCUT2D eigenvalue weighted by molar-refractivity contribution is 0.588. The van der Waals surface area contributed by atoms with Crippen LogP contribution in [0.2, 0.25) is 0 Å². The summed E-state index contributed by atoms with van der Waals surface area (Å²) >= 11 is 0. The Balaban J connectivity index is 2.54. The molecule has 0 amide bonds. The summed E-state index contributed by atoms with van der Waals surface area (Å²) < 4.78 is 27.6. The number of rotatable bonds is 5. The van der Waals surface area contributed by atoms with Crippen LogP contribution < -0.4 is 10.5 Å². The number of hydrogen-bond donors (Lipinski definition) is 2. The van der Waals surface area contributed by atoms with Crippen molar-refractivity contribution in [1.29, 1.82) is 0 Å². The SMILES string of the molecule is CCc1cc(CC)n(-c2ccc(S(=O)(=O)NC)cc2N)n1. The second-order valence-electron chi connectivity index (χ2n) is 4.67. The van der Waals surface area contributed by atoms with Gasteiger partial charge in [-0.2, -0.15) is 5.10 Å². The molecular weight excluding hydrogens is 288 g/mol. The van der Waals surface area contributed by atoms with Crippen molar-refractivity contribution in [2.24, 2.45) is 0 Å². The van der Waals surface area contributed by atoms with Gasteiger partial charge >= 0.3 is 0 Å². The molecule has 2 rings (SSSR count). The Kier molecular flexibility index (Phi) is 4.34. The molecule has 0 saturated carbocycles. The quantitative estimate of drug-likeness (QED) is 0.819. The van der Waals surface area contributed by atoms with Crippen molar-refractivity contribution in [1.82, 2.24) is 14.5 Å². The zero-order chi connectivity index (χ0) is 15.6. The Labute approximate surface area is 125 Å². The normalized spacial score (nSPS) is 11.8. The van der Waals surface area contributed by atoms with Gasteiger partial charge in [0.25, 0.3) is 0 Å². The predicted molar refractivity (Wildman–Crippen MR) is 83.0 cm³/mol. The Morgan fingerprint density at radius 1 is 1.24 bits per heavy atom. The summed E-state index contributed by atoms with van der Waals surface area (Å²) in [5.41, 5.74) is 9.13. The van der Waals surface area contributed by atoms with Gasteiger partial charge in [0.05, 0.1) is 22.0 Å². The van der Waals surface area contributed by atoms with E-state index in [1.165, 1.54) is 19.2 Å². The van der Waals surface area contributed by atoms with Crippen LogP contribution in [0, 0.1) is 0 Å². The van der Waals surface area contributed by atoms with Crippen molar-refractivity contribution >= 4 is 15.7 Å². The number of sulfonamides is 1. The standard InChI is InChI=1S/C14H20N4O2S/c1-4-10-8-11(5-2)18(17-10)14-7-6-12(9-13(14)15)21(19,20)16-3/h6-9,16H,4-5,15H2,1-3H3. The molecule has 1 aromatic heterocycles. The smallest absolute Gasteiger partial charge is 0.240 e. The summed E-state index contributed by atoms with van der Waals surface area (Å²) in [5.74, 6) is 0. The first kappa shape index (κ1) is 15.5. The fourth-order valence-corrected chi connectivity index (χ4v) is 2.88. The summed E-state index contributed by atoms with van der Waals surface area (Å²) in [4.78, 5) is 0.146. The van der Waals surface area contributed by atoms with E-state index in [0.29, 0.717) is 11.4 Å². The maximum atomic E-state index is 11.8. The van der Waals surface area contributed by atoms with E-state index in [9.17, 15) is 8.42 Å². The average Bonchev–Trinajstić information content (AvgIpc) is 2.90. The number of aryl methyl sites for hydroxylation is 2. The molecule has 1 heterocycles. The predicted octanol–water partition coefficient (Wildman–Crippen LogP) is 1.49. The van der Waals surface area contributed by atoms with Gasteiger partial charge in [0.1, 0.15) is 0 Å². The first-order valence-corrected chi connectivity index (χ1v) is 8.32. The molecule has 21 heavy (non-hydrogen) atoms. The molecule has 0 unspecified atom stereocenters. The summed E-state index contributed by atoms with van der Waals surface area (Å²) in [5, 5.41) is 4.51. The molecule has 0 aliphatic carbocycles. The van der Waals surface area contributed by atoms with E-state index >= 15 is 0 Å². The van der Waals surface area contributed by atoms with Gasteiger partial charge in [0.15, 0.2) is 0 Å². The van der Waals surface area contributed by atoms with E-state index in [1.54, 1.807) is 10.7 Å². The number of anilines is 1. The number of hydrogen-bond acceptors (Lipinski definition) is 4. The summed E-state index contributed by atoms with van der Waals surface area (Å²) in [6, 6.07) is 6.71. The maximum Gasteiger partial charge on any atom is 0.240 e. The number of aromatic nitrogens is 2. The molecule has 0 saturated heterocycles. The van der Waals surface area contributed by atoms with Crippen LogP contribution >= 0.6 is 0 Å². The number of benzene rings is 1. The molecule has 0 radical (unpaired) electrons. The molecule has 6 nitrogen and oxygen atoms in total. The average molecular weight is 308 g/mol. The Hall–Kier alpha value is -1.86. The second kappa shape index (κ2) is 5.87.